The van der Waals surface area contributed by atoms with Gasteiger partial charge in [0.2, 0.25) is 17.8 Å². The molecule has 14 nitrogen and oxygen atoms in total. The molecule has 2 amide bonds. The first-order valence-corrected chi connectivity index (χ1v) is 26.1. The molecular weight excluding hydrogens is 891 g/mol. The second-order valence-corrected chi connectivity index (χ2v) is 22.0. The third-order valence-electron chi connectivity index (χ3n) is 13.8. The molecule has 64 heavy (non-hydrogen) atoms. The molecule has 0 radical (unpaired) electrons. The molecule has 3 saturated heterocycles. The van der Waals surface area contributed by atoms with Crippen LogP contribution in [0.25, 0.3) is 11.0 Å². The number of rotatable bonds is 12. The number of aryl methyl sites for hydroxylation is 1. The van der Waals surface area contributed by atoms with Gasteiger partial charge >= 0.3 is 0 Å². The number of imide groups is 1. The molecule has 5 heterocycles. The van der Waals surface area contributed by atoms with Gasteiger partial charge in [0.15, 0.2) is 0 Å². The molecule has 3 atom stereocenters. The van der Waals surface area contributed by atoms with Gasteiger partial charge in [0.1, 0.15) is 24.2 Å². The Morgan fingerprint density at radius 3 is 2.25 bits per heavy atom. The summed E-state index contributed by atoms with van der Waals surface area (Å²) in [6, 6.07) is 17.9. The van der Waals surface area contributed by atoms with Crippen molar-refractivity contribution < 1.29 is 18.9 Å². The van der Waals surface area contributed by atoms with Gasteiger partial charge in [0.25, 0.3) is 0 Å². The standard InChI is InChI=1S/C48H58BrN10O4P/c1-5-30-27-40(54-48-52-29-37(49)46(56-48)53-39-14-13-38-44(51-19-18-50-38)45(39)64(3,4)62)42(63-2)28-41(30)59-20-16-34(17-21-59)57-22-24-58(25-23-57)35-11-10-33(26-35)31-6-8-32(9-7-31)36-12-15-43(60)55-47(36)61/h6-9,13-14,18-19,27-29,33-36H,5,10-12,15-17,20-26H2,1-4H3,(H,55,60,61)(H2,52,53,54,56). The summed E-state index contributed by atoms with van der Waals surface area (Å²) in [6.07, 6.45) is 12.7. The fourth-order valence-electron chi connectivity index (χ4n) is 10.4. The fraction of sp³-hybridized carbons (Fsp3) is 0.458. The van der Waals surface area contributed by atoms with Gasteiger partial charge in [-0.1, -0.05) is 31.2 Å². The highest BCUT2D eigenvalue weighted by Gasteiger charge is 2.35. The second kappa shape index (κ2) is 18.9. The van der Waals surface area contributed by atoms with Crippen LogP contribution in [0.4, 0.5) is 28.8 Å². The molecule has 16 heteroatoms. The lowest BCUT2D eigenvalue weighted by Crippen LogP contribution is -2.55. The van der Waals surface area contributed by atoms with Gasteiger partial charge in [-0.05, 0) is 115 Å². The molecule has 5 aromatic rings. The van der Waals surface area contributed by atoms with Crippen molar-refractivity contribution in [1.82, 2.24) is 35.1 Å². The van der Waals surface area contributed by atoms with Crippen LogP contribution in [0.2, 0.25) is 0 Å². The largest absolute Gasteiger partial charge is 0.494 e. The monoisotopic (exact) mass is 948 g/mol. The van der Waals surface area contributed by atoms with Crippen LogP contribution in [0.3, 0.4) is 0 Å². The van der Waals surface area contributed by atoms with Crippen molar-refractivity contribution in [2.24, 2.45) is 0 Å². The first-order chi connectivity index (χ1) is 30.9. The minimum Gasteiger partial charge on any atom is -0.494 e. The van der Waals surface area contributed by atoms with Crippen LogP contribution in [-0.2, 0) is 20.6 Å². The molecule has 336 valence electrons. The zero-order valence-corrected chi connectivity index (χ0v) is 39.6. The van der Waals surface area contributed by atoms with E-state index in [1.54, 1.807) is 39.0 Å². The van der Waals surface area contributed by atoms with Gasteiger partial charge in [0, 0.05) is 88.1 Å². The van der Waals surface area contributed by atoms with Crippen LogP contribution in [0, 0.1) is 0 Å². The summed E-state index contributed by atoms with van der Waals surface area (Å²) < 4.78 is 20.2. The SMILES string of the molecule is CCc1cc(Nc2ncc(Br)c(Nc3ccc4nccnc4c3P(C)(C)=O)n2)c(OC)cc1N1CCC(N2CCN(C3CCC(c4ccc(C5CCC(=O)NC5=O)cc4)C3)CC2)CC1. The van der Waals surface area contributed by atoms with E-state index in [0.717, 1.165) is 75.5 Å². The molecule has 4 aliphatic rings. The topological polar surface area (TPSA) is 158 Å². The molecule has 3 aromatic carbocycles. The Hall–Kier alpha value is -4.95. The lowest BCUT2D eigenvalue weighted by molar-refractivity contribution is -0.134. The number of carbonyl (C=O) groups excluding carboxylic acids is 2. The van der Waals surface area contributed by atoms with E-state index >= 15 is 0 Å². The third-order valence-corrected chi connectivity index (χ3v) is 15.9. The normalized spacial score (nSPS) is 21.6. The molecular formula is C48H58BrN10O4P. The van der Waals surface area contributed by atoms with Crippen LogP contribution in [0.1, 0.15) is 80.4 Å². The van der Waals surface area contributed by atoms with E-state index in [2.05, 4.69) is 105 Å². The first kappa shape index (κ1) is 44.3. The maximum absolute atomic E-state index is 13.5. The van der Waals surface area contributed by atoms with Crippen molar-refractivity contribution in [1.29, 1.82) is 0 Å². The summed E-state index contributed by atoms with van der Waals surface area (Å²) in [5.41, 5.74) is 7.55. The number of piperidine rings is 2. The first-order valence-electron chi connectivity index (χ1n) is 22.7. The van der Waals surface area contributed by atoms with Gasteiger partial charge in [-0.2, -0.15) is 4.98 Å². The zero-order chi connectivity index (χ0) is 44.5. The van der Waals surface area contributed by atoms with E-state index in [4.69, 9.17) is 9.72 Å². The highest BCUT2D eigenvalue weighted by atomic mass is 79.9. The number of amides is 2. The molecule has 3 aliphatic heterocycles. The molecule has 2 aromatic heterocycles. The number of hydrogen-bond donors (Lipinski definition) is 3. The number of hydrogen-bond acceptors (Lipinski definition) is 13. The van der Waals surface area contributed by atoms with E-state index in [1.165, 1.54) is 36.1 Å². The van der Waals surface area contributed by atoms with Crippen molar-refractivity contribution in [3.05, 3.63) is 88.3 Å². The number of benzene rings is 3. The molecule has 9 rings (SSSR count). The van der Waals surface area contributed by atoms with E-state index in [9.17, 15) is 14.2 Å². The Labute approximate surface area is 383 Å². The van der Waals surface area contributed by atoms with Crippen LogP contribution >= 0.6 is 23.1 Å². The quantitative estimate of drug-likeness (QED) is 0.0819. The number of anilines is 5. The minimum absolute atomic E-state index is 0.168. The Morgan fingerprint density at radius 2 is 1.55 bits per heavy atom. The average Bonchev–Trinajstić information content (AvgIpc) is 3.80. The Morgan fingerprint density at radius 1 is 0.828 bits per heavy atom. The van der Waals surface area contributed by atoms with Crippen LogP contribution in [0.15, 0.2) is 71.6 Å². The number of methoxy groups -OCH3 is 1. The van der Waals surface area contributed by atoms with Crippen molar-refractivity contribution in [3.8, 4) is 5.75 Å². The van der Waals surface area contributed by atoms with E-state index < -0.39 is 7.14 Å². The number of aromatic nitrogens is 4. The maximum Gasteiger partial charge on any atom is 0.234 e. The van der Waals surface area contributed by atoms with E-state index in [-0.39, 0.29) is 17.7 Å². The smallest absolute Gasteiger partial charge is 0.234 e. The number of nitrogens with zero attached hydrogens (tertiary/aromatic N) is 7. The average molecular weight is 950 g/mol. The molecule has 1 saturated carbocycles. The lowest BCUT2D eigenvalue weighted by atomic mass is 9.88. The summed E-state index contributed by atoms with van der Waals surface area (Å²) in [5, 5.41) is 9.93. The number of fused-ring (bicyclic) bond motifs is 1. The Balaban J connectivity index is 0.795. The summed E-state index contributed by atoms with van der Waals surface area (Å²) in [6.45, 7) is 12.1. The predicted molar refractivity (Wildman–Crippen MR) is 258 cm³/mol. The summed E-state index contributed by atoms with van der Waals surface area (Å²) in [4.78, 5) is 50.4. The summed E-state index contributed by atoms with van der Waals surface area (Å²) >= 11 is 3.61. The van der Waals surface area contributed by atoms with Gasteiger partial charge in [-0.25, -0.2) is 4.98 Å². The number of nitrogens with one attached hydrogen (secondary N) is 3. The molecule has 0 bridgehead atoms. The number of piperazine rings is 1. The third kappa shape index (κ3) is 9.40. The maximum atomic E-state index is 13.5. The molecule has 1 aliphatic carbocycles. The summed E-state index contributed by atoms with van der Waals surface area (Å²) in [5.74, 6) is 1.62. The summed E-state index contributed by atoms with van der Waals surface area (Å²) in [7, 11) is -1.07. The number of carbonyl (C=O) groups is 2. The Bertz CT molecular complexity index is 2570. The van der Waals surface area contributed by atoms with Crippen LogP contribution in [0.5, 0.6) is 5.75 Å². The Kier molecular flexibility index (Phi) is 13.1. The highest BCUT2D eigenvalue weighted by Crippen LogP contribution is 2.43. The van der Waals surface area contributed by atoms with Crippen molar-refractivity contribution in [3.63, 3.8) is 0 Å². The second-order valence-electron chi connectivity index (χ2n) is 18.0. The van der Waals surface area contributed by atoms with E-state index in [0.29, 0.717) is 69.1 Å². The van der Waals surface area contributed by atoms with Gasteiger partial charge < -0.3 is 24.8 Å². The number of ether oxygens (including phenoxy) is 1. The number of halogens is 1. The fourth-order valence-corrected chi connectivity index (χ4v) is 12.1. The van der Waals surface area contributed by atoms with Crippen LogP contribution in [-0.4, -0.2) is 113 Å². The van der Waals surface area contributed by atoms with Crippen LogP contribution < -0.4 is 30.9 Å². The van der Waals surface area contributed by atoms with Gasteiger partial charge in [-0.3, -0.25) is 34.7 Å². The highest BCUT2D eigenvalue weighted by molar-refractivity contribution is 9.10. The van der Waals surface area contributed by atoms with Crippen molar-refractivity contribution in [2.75, 3.05) is 75.2 Å². The van der Waals surface area contributed by atoms with Crippen molar-refractivity contribution in [2.45, 2.75) is 82.2 Å². The predicted octanol–water partition coefficient (Wildman–Crippen LogP) is 7.93. The lowest BCUT2D eigenvalue weighted by Gasteiger charge is -2.45. The van der Waals surface area contributed by atoms with Gasteiger partial charge in [-0.15, -0.1) is 0 Å². The molecule has 3 N–H and O–H groups in total. The van der Waals surface area contributed by atoms with Crippen molar-refractivity contribution >= 4 is 80.1 Å². The zero-order valence-electron chi connectivity index (χ0n) is 37.1. The molecule has 4 fully saturated rings. The molecule has 3 unspecified atom stereocenters. The van der Waals surface area contributed by atoms with Gasteiger partial charge in [0.05, 0.1) is 39.7 Å². The minimum atomic E-state index is -2.77. The van der Waals surface area contributed by atoms with E-state index in [1.807, 2.05) is 12.1 Å². The molecule has 0 spiro atoms.